The summed E-state index contributed by atoms with van der Waals surface area (Å²) in [7, 11) is 1.93. The van der Waals surface area contributed by atoms with E-state index >= 15 is 0 Å². The maximum Gasteiger partial charge on any atom is 0.227 e. The van der Waals surface area contributed by atoms with Crippen LogP contribution in [0.5, 0.6) is 0 Å². The average molecular weight is 298 g/mol. The molecule has 1 fully saturated rings. The number of likely N-dealkylation sites (tertiary alicyclic amines) is 1. The molecule has 1 amide bonds. The Morgan fingerprint density at radius 2 is 2.18 bits per heavy atom. The summed E-state index contributed by atoms with van der Waals surface area (Å²) in [5.74, 6) is 1.06. The monoisotopic (exact) mass is 298 g/mol. The molecule has 116 valence electrons. The molecular formula is C17H22N4O. The lowest BCUT2D eigenvalue weighted by Gasteiger charge is -2.24. The minimum atomic E-state index is 0.0642. The molecule has 2 aromatic rings. The van der Waals surface area contributed by atoms with E-state index in [4.69, 9.17) is 0 Å². The van der Waals surface area contributed by atoms with Crippen LogP contribution >= 0.6 is 0 Å². The summed E-state index contributed by atoms with van der Waals surface area (Å²) < 4.78 is 1.91. The number of benzene rings is 1. The number of aromatic nitrogens is 3. The Morgan fingerprint density at radius 3 is 2.91 bits per heavy atom. The zero-order valence-electron chi connectivity index (χ0n) is 13.2. The Labute approximate surface area is 131 Å². The van der Waals surface area contributed by atoms with Crippen molar-refractivity contribution in [2.75, 3.05) is 6.54 Å². The zero-order valence-corrected chi connectivity index (χ0v) is 13.2. The van der Waals surface area contributed by atoms with Gasteiger partial charge in [0.15, 0.2) is 5.82 Å². The van der Waals surface area contributed by atoms with E-state index in [-0.39, 0.29) is 11.9 Å². The summed E-state index contributed by atoms with van der Waals surface area (Å²) >= 11 is 0. The molecule has 0 bridgehead atoms. The molecule has 1 aromatic heterocycles. The molecule has 1 atom stereocenters. The molecule has 5 nitrogen and oxygen atoms in total. The molecule has 1 aliphatic rings. The van der Waals surface area contributed by atoms with Crippen LogP contribution in [-0.4, -0.2) is 32.1 Å². The van der Waals surface area contributed by atoms with Crippen LogP contribution in [0.4, 0.5) is 0 Å². The summed E-state index contributed by atoms with van der Waals surface area (Å²) in [6.45, 7) is 2.94. The highest BCUT2D eigenvalue weighted by atomic mass is 16.2. The van der Waals surface area contributed by atoms with Crippen LogP contribution in [0.25, 0.3) is 0 Å². The molecule has 22 heavy (non-hydrogen) atoms. The van der Waals surface area contributed by atoms with Crippen LogP contribution in [0.2, 0.25) is 0 Å². The van der Waals surface area contributed by atoms with Gasteiger partial charge < -0.3 is 9.47 Å². The highest BCUT2D eigenvalue weighted by molar-refractivity contribution is 5.79. The van der Waals surface area contributed by atoms with Gasteiger partial charge >= 0.3 is 0 Å². The summed E-state index contributed by atoms with van der Waals surface area (Å²) in [6.07, 6.45) is 5.14. The van der Waals surface area contributed by atoms with E-state index in [1.165, 1.54) is 5.56 Å². The minimum Gasteiger partial charge on any atom is -0.332 e. The number of carbonyl (C=O) groups excluding carboxylic acids is 1. The Bertz CT molecular complexity index is 664. The molecule has 0 saturated carbocycles. The average Bonchev–Trinajstić information content (AvgIpc) is 3.15. The number of rotatable bonds is 4. The van der Waals surface area contributed by atoms with E-state index in [2.05, 4.69) is 29.3 Å². The van der Waals surface area contributed by atoms with Crippen molar-refractivity contribution in [1.82, 2.24) is 19.7 Å². The largest absolute Gasteiger partial charge is 0.332 e. The number of carbonyl (C=O) groups is 1. The van der Waals surface area contributed by atoms with E-state index in [1.807, 2.05) is 28.6 Å². The van der Waals surface area contributed by atoms with Gasteiger partial charge in [0.25, 0.3) is 0 Å². The van der Waals surface area contributed by atoms with E-state index in [0.29, 0.717) is 6.42 Å². The van der Waals surface area contributed by atoms with Crippen molar-refractivity contribution in [2.45, 2.75) is 38.6 Å². The standard InChI is InChI=1S/C17H22N4O/c1-3-13-6-4-7-14(10-13)11-16(22)21-9-5-8-15(21)17-19-18-12-20(17)2/h4,6-7,10,12,15H,3,5,8-9,11H2,1-2H3. The van der Waals surface area contributed by atoms with Crippen LogP contribution in [0, 0.1) is 0 Å². The van der Waals surface area contributed by atoms with Crippen molar-refractivity contribution in [3.05, 3.63) is 47.5 Å². The van der Waals surface area contributed by atoms with Crippen molar-refractivity contribution >= 4 is 5.91 Å². The summed E-state index contributed by atoms with van der Waals surface area (Å²) in [5, 5.41) is 8.13. The molecule has 5 heteroatoms. The quantitative estimate of drug-likeness (QED) is 0.870. The molecular weight excluding hydrogens is 276 g/mol. The maximum atomic E-state index is 12.7. The highest BCUT2D eigenvalue weighted by Gasteiger charge is 2.32. The maximum absolute atomic E-state index is 12.7. The Balaban J connectivity index is 1.75. The van der Waals surface area contributed by atoms with Crippen molar-refractivity contribution in [3.63, 3.8) is 0 Å². The fourth-order valence-corrected chi connectivity index (χ4v) is 3.16. The van der Waals surface area contributed by atoms with Crippen molar-refractivity contribution in [3.8, 4) is 0 Å². The van der Waals surface area contributed by atoms with Gasteiger partial charge in [0, 0.05) is 13.6 Å². The van der Waals surface area contributed by atoms with E-state index in [0.717, 1.165) is 37.2 Å². The third-order valence-corrected chi connectivity index (χ3v) is 4.37. The minimum absolute atomic E-state index is 0.0642. The molecule has 1 unspecified atom stereocenters. The summed E-state index contributed by atoms with van der Waals surface area (Å²) in [5.41, 5.74) is 2.37. The van der Waals surface area contributed by atoms with Gasteiger partial charge in [0.1, 0.15) is 6.33 Å². The number of aryl methyl sites for hydroxylation is 2. The first-order chi connectivity index (χ1) is 10.7. The fourth-order valence-electron chi connectivity index (χ4n) is 3.16. The second kappa shape index (κ2) is 6.30. The first-order valence-corrected chi connectivity index (χ1v) is 7.90. The molecule has 1 aliphatic heterocycles. The molecule has 1 saturated heterocycles. The number of hydrogen-bond donors (Lipinski definition) is 0. The molecule has 0 N–H and O–H groups in total. The number of hydrogen-bond acceptors (Lipinski definition) is 3. The predicted molar refractivity (Wildman–Crippen MR) is 84.2 cm³/mol. The molecule has 2 heterocycles. The molecule has 0 radical (unpaired) electrons. The third-order valence-electron chi connectivity index (χ3n) is 4.37. The van der Waals surface area contributed by atoms with Crippen molar-refractivity contribution in [1.29, 1.82) is 0 Å². The van der Waals surface area contributed by atoms with Gasteiger partial charge in [-0.1, -0.05) is 31.2 Å². The van der Waals surface area contributed by atoms with Crippen LogP contribution in [0.15, 0.2) is 30.6 Å². The van der Waals surface area contributed by atoms with Gasteiger partial charge in [-0.05, 0) is 30.4 Å². The Hall–Kier alpha value is -2.17. The molecule has 1 aromatic carbocycles. The Kier molecular flexibility index (Phi) is 4.22. The topological polar surface area (TPSA) is 51.0 Å². The number of nitrogens with zero attached hydrogens (tertiary/aromatic N) is 4. The SMILES string of the molecule is CCc1cccc(CC(=O)N2CCCC2c2nncn2C)c1. The van der Waals surface area contributed by atoms with Crippen LogP contribution in [0.1, 0.15) is 42.8 Å². The highest BCUT2D eigenvalue weighted by Crippen LogP contribution is 2.30. The first-order valence-electron chi connectivity index (χ1n) is 7.90. The lowest BCUT2D eigenvalue weighted by molar-refractivity contribution is -0.131. The normalized spacial score (nSPS) is 17.9. The lowest BCUT2D eigenvalue weighted by atomic mass is 10.1. The van der Waals surface area contributed by atoms with E-state index < -0.39 is 0 Å². The van der Waals surface area contributed by atoms with Gasteiger partial charge in [-0.15, -0.1) is 10.2 Å². The van der Waals surface area contributed by atoms with Gasteiger partial charge in [-0.25, -0.2) is 0 Å². The van der Waals surface area contributed by atoms with Gasteiger partial charge in [-0.3, -0.25) is 4.79 Å². The van der Waals surface area contributed by atoms with E-state index in [1.54, 1.807) is 6.33 Å². The van der Waals surface area contributed by atoms with Crippen LogP contribution in [0.3, 0.4) is 0 Å². The molecule has 3 rings (SSSR count). The molecule has 0 aliphatic carbocycles. The second-order valence-electron chi connectivity index (χ2n) is 5.90. The lowest BCUT2D eigenvalue weighted by Crippen LogP contribution is -2.33. The van der Waals surface area contributed by atoms with Gasteiger partial charge in [0.2, 0.25) is 5.91 Å². The molecule has 0 spiro atoms. The van der Waals surface area contributed by atoms with Crippen LogP contribution < -0.4 is 0 Å². The fraction of sp³-hybridized carbons (Fsp3) is 0.471. The number of amides is 1. The van der Waals surface area contributed by atoms with Gasteiger partial charge in [0.05, 0.1) is 12.5 Å². The van der Waals surface area contributed by atoms with Crippen LogP contribution in [-0.2, 0) is 24.7 Å². The van der Waals surface area contributed by atoms with Gasteiger partial charge in [-0.2, -0.15) is 0 Å². The Morgan fingerprint density at radius 1 is 1.36 bits per heavy atom. The van der Waals surface area contributed by atoms with Crippen molar-refractivity contribution in [2.24, 2.45) is 7.05 Å². The second-order valence-corrected chi connectivity index (χ2v) is 5.90. The summed E-state index contributed by atoms with van der Waals surface area (Å²) in [4.78, 5) is 14.7. The smallest absolute Gasteiger partial charge is 0.227 e. The van der Waals surface area contributed by atoms with Crippen molar-refractivity contribution < 1.29 is 4.79 Å². The summed E-state index contributed by atoms with van der Waals surface area (Å²) in [6, 6.07) is 8.36. The predicted octanol–water partition coefficient (Wildman–Crippen LogP) is 2.28. The third kappa shape index (κ3) is 2.89. The first kappa shape index (κ1) is 14.8. The zero-order chi connectivity index (χ0) is 15.5. The van der Waals surface area contributed by atoms with E-state index in [9.17, 15) is 4.79 Å².